The van der Waals surface area contributed by atoms with Crippen LogP contribution in [-0.2, 0) is 11.2 Å². The van der Waals surface area contributed by atoms with E-state index in [1.54, 1.807) is 0 Å². The first kappa shape index (κ1) is 15.3. The van der Waals surface area contributed by atoms with Crippen LogP contribution in [0.4, 0.5) is 5.69 Å². The number of benzene rings is 1. The molecule has 1 N–H and O–H groups in total. The number of anilines is 1. The Morgan fingerprint density at radius 2 is 2.25 bits per heavy atom. The molecule has 0 spiro atoms. The zero-order valence-corrected chi connectivity index (χ0v) is 13.1. The van der Waals surface area contributed by atoms with Crippen LogP contribution in [0.15, 0.2) is 18.2 Å². The van der Waals surface area contributed by atoms with Gasteiger partial charge in [0.25, 0.3) is 0 Å². The Balaban J connectivity index is 2.03. The molecule has 0 radical (unpaired) electrons. The van der Waals surface area contributed by atoms with Gasteiger partial charge in [0.05, 0.1) is 0 Å². The first-order valence-electron chi connectivity index (χ1n) is 7.89. The summed E-state index contributed by atoms with van der Waals surface area (Å²) in [5.41, 5.74) is 4.33. The van der Waals surface area contributed by atoms with Crippen molar-refractivity contribution < 1.29 is 4.74 Å². The van der Waals surface area contributed by atoms with E-state index in [1.165, 1.54) is 36.2 Å². The lowest BCUT2D eigenvalue weighted by Gasteiger charge is -2.32. The summed E-state index contributed by atoms with van der Waals surface area (Å²) in [6, 6.07) is 7.37. The lowest BCUT2D eigenvalue weighted by molar-refractivity contribution is 0.146. The minimum Gasteiger partial charge on any atom is -0.382 e. The highest BCUT2D eigenvalue weighted by atomic mass is 16.5. The van der Waals surface area contributed by atoms with Gasteiger partial charge in [0.2, 0.25) is 0 Å². The Kier molecular flexibility index (Phi) is 5.86. The van der Waals surface area contributed by atoms with Crippen LogP contribution < -0.4 is 10.2 Å². The van der Waals surface area contributed by atoms with E-state index >= 15 is 0 Å². The van der Waals surface area contributed by atoms with Gasteiger partial charge in [-0.3, -0.25) is 0 Å². The molecule has 1 unspecified atom stereocenters. The minimum absolute atomic E-state index is 0.425. The molecule has 1 aromatic carbocycles. The topological polar surface area (TPSA) is 24.5 Å². The summed E-state index contributed by atoms with van der Waals surface area (Å²) in [6.07, 6.45) is 3.59. The number of hydrogen-bond donors (Lipinski definition) is 1. The molecule has 3 heteroatoms. The van der Waals surface area contributed by atoms with Gasteiger partial charge >= 0.3 is 0 Å². The average molecular weight is 276 g/mol. The van der Waals surface area contributed by atoms with Gasteiger partial charge in [-0.1, -0.05) is 12.1 Å². The molecule has 1 aromatic rings. The van der Waals surface area contributed by atoms with E-state index in [4.69, 9.17) is 4.74 Å². The lowest BCUT2D eigenvalue weighted by Crippen LogP contribution is -2.31. The Bertz CT molecular complexity index is 419. The predicted molar refractivity (Wildman–Crippen MR) is 85.6 cm³/mol. The van der Waals surface area contributed by atoms with Gasteiger partial charge < -0.3 is 15.0 Å². The third-order valence-electron chi connectivity index (χ3n) is 4.17. The van der Waals surface area contributed by atoms with E-state index in [9.17, 15) is 0 Å². The highest BCUT2D eigenvalue weighted by molar-refractivity contribution is 5.57. The zero-order chi connectivity index (χ0) is 14.4. The molecular formula is C17H28N2O. The summed E-state index contributed by atoms with van der Waals surface area (Å²) in [7, 11) is 2.02. The van der Waals surface area contributed by atoms with Crippen molar-refractivity contribution in [3.63, 3.8) is 0 Å². The molecule has 0 bridgehead atoms. The molecule has 112 valence electrons. The fourth-order valence-corrected chi connectivity index (χ4v) is 2.87. The van der Waals surface area contributed by atoms with Gasteiger partial charge in [-0.05, 0) is 57.4 Å². The molecule has 1 heterocycles. The first-order valence-corrected chi connectivity index (χ1v) is 7.89. The third-order valence-corrected chi connectivity index (χ3v) is 4.17. The van der Waals surface area contributed by atoms with Crippen LogP contribution in [-0.4, -0.2) is 33.4 Å². The second-order valence-electron chi connectivity index (χ2n) is 5.54. The molecule has 0 aromatic heterocycles. The molecule has 3 nitrogen and oxygen atoms in total. The number of aryl methyl sites for hydroxylation is 1. The highest BCUT2D eigenvalue weighted by Crippen LogP contribution is 2.29. The van der Waals surface area contributed by atoms with E-state index in [0.29, 0.717) is 6.04 Å². The summed E-state index contributed by atoms with van der Waals surface area (Å²) in [4.78, 5) is 2.52. The summed E-state index contributed by atoms with van der Waals surface area (Å²) < 4.78 is 5.44. The van der Waals surface area contributed by atoms with Crippen LogP contribution in [0.1, 0.15) is 43.9 Å². The highest BCUT2D eigenvalue weighted by Gasteiger charge is 2.17. The number of nitrogens with zero attached hydrogens (tertiary/aromatic N) is 1. The molecule has 0 fully saturated rings. The van der Waals surface area contributed by atoms with Crippen molar-refractivity contribution in [2.45, 2.75) is 39.2 Å². The van der Waals surface area contributed by atoms with E-state index in [-0.39, 0.29) is 0 Å². The van der Waals surface area contributed by atoms with Gasteiger partial charge in [-0.15, -0.1) is 0 Å². The molecule has 0 amide bonds. The van der Waals surface area contributed by atoms with E-state index in [1.807, 2.05) is 7.05 Å². The van der Waals surface area contributed by atoms with Crippen LogP contribution >= 0.6 is 0 Å². The number of ether oxygens (including phenoxy) is 1. The number of rotatable bonds is 7. The smallest absolute Gasteiger partial charge is 0.0482 e. The maximum Gasteiger partial charge on any atom is 0.0482 e. The van der Waals surface area contributed by atoms with Gasteiger partial charge in [0.15, 0.2) is 0 Å². The third kappa shape index (κ3) is 3.74. The van der Waals surface area contributed by atoms with Crippen molar-refractivity contribution in [1.29, 1.82) is 0 Å². The number of hydrogen-bond acceptors (Lipinski definition) is 3. The standard InChI is InChI=1S/C17H28N2O/c1-4-20-12-6-11-19-10-5-7-16-13-15(14(2)18-3)8-9-17(16)19/h8-9,13-14,18H,4-7,10-12H2,1-3H3. The molecular weight excluding hydrogens is 248 g/mol. The van der Waals surface area contributed by atoms with Crippen LogP contribution in [0, 0.1) is 0 Å². The SMILES string of the molecule is CCOCCCN1CCCc2cc(C(C)NC)ccc21. The maximum atomic E-state index is 5.44. The van der Waals surface area contributed by atoms with Gasteiger partial charge in [0, 0.05) is 38.0 Å². The molecule has 1 aliphatic rings. The zero-order valence-electron chi connectivity index (χ0n) is 13.1. The second kappa shape index (κ2) is 7.65. The van der Waals surface area contributed by atoms with Crippen molar-refractivity contribution in [3.05, 3.63) is 29.3 Å². The van der Waals surface area contributed by atoms with Crippen LogP contribution in [0.2, 0.25) is 0 Å². The maximum absolute atomic E-state index is 5.44. The predicted octanol–water partition coefficient (Wildman–Crippen LogP) is 3.15. The summed E-state index contributed by atoms with van der Waals surface area (Å²) >= 11 is 0. The normalized spacial score (nSPS) is 16.1. The Morgan fingerprint density at radius 3 is 3.00 bits per heavy atom. The molecule has 0 saturated heterocycles. The van der Waals surface area contributed by atoms with Crippen molar-refractivity contribution in [1.82, 2.24) is 5.32 Å². The molecule has 1 aliphatic heterocycles. The summed E-state index contributed by atoms with van der Waals surface area (Å²) in [6.45, 7) is 8.25. The molecule has 0 saturated carbocycles. The van der Waals surface area contributed by atoms with Crippen molar-refractivity contribution in [2.75, 3.05) is 38.3 Å². The van der Waals surface area contributed by atoms with Gasteiger partial charge in [-0.2, -0.15) is 0 Å². The van der Waals surface area contributed by atoms with E-state index < -0.39 is 0 Å². The Morgan fingerprint density at radius 1 is 1.40 bits per heavy atom. The molecule has 20 heavy (non-hydrogen) atoms. The monoisotopic (exact) mass is 276 g/mol. The van der Waals surface area contributed by atoms with Crippen LogP contribution in [0.5, 0.6) is 0 Å². The summed E-state index contributed by atoms with van der Waals surface area (Å²) in [5.74, 6) is 0. The molecule has 1 atom stereocenters. The summed E-state index contributed by atoms with van der Waals surface area (Å²) in [5, 5.41) is 3.32. The average Bonchev–Trinajstić information content (AvgIpc) is 2.50. The Labute approximate surface area is 123 Å². The largest absolute Gasteiger partial charge is 0.382 e. The van der Waals surface area contributed by atoms with Crippen molar-refractivity contribution in [3.8, 4) is 0 Å². The first-order chi connectivity index (χ1) is 9.76. The van der Waals surface area contributed by atoms with Gasteiger partial charge in [-0.25, -0.2) is 0 Å². The lowest BCUT2D eigenvalue weighted by atomic mass is 9.97. The minimum atomic E-state index is 0.425. The van der Waals surface area contributed by atoms with Crippen LogP contribution in [0.3, 0.4) is 0 Å². The Hall–Kier alpha value is -1.06. The number of fused-ring (bicyclic) bond motifs is 1. The second-order valence-corrected chi connectivity index (χ2v) is 5.54. The van der Waals surface area contributed by atoms with E-state index in [2.05, 4.69) is 42.3 Å². The fraction of sp³-hybridized carbons (Fsp3) is 0.647. The fourth-order valence-electron chi connectivity index (χ4n) is 2.87. The quantitative estimate of drug-likeness (QED) is 0.774. The van der Waals surface area contributed by atoms with Crippen molar-refractivity contribution in [2.24, 2.45) is 0 Å². The van der Waals surface area contributed by atoms with Gasteiger partial charge in [0.1, 0.15) is 0 Å². The molecule has 2 rings (SSSR count). The van der Waals surface area contributed by atoms with E-state index in [0.717, 1.165) is 26.2 Å². The van der Waals surface area contributed by atoms with Crippen molar-refractivity contribution >= 4 is 5.69 Å². The van der Waals surface area contributed by atoms with Crippen LogP contribution in [0.25, 0.3) is 0 Å². The molecule has 0 aliphatic carbocycles. The number of nitrogens with one attached hydrogen (secondary N) is 1.